The number of hydrogen-bond acceptors (Lipinski definition) is 4. The summed E-state index contributed by atoms with van der Waals surface area (Å²) >= 11 is 3.13. The van der Waals surface area contributed by atoms with Crippen LogP contribution in [-0.4, -0.2) is 32.0 Å². The number of halogens is 1. The van der Waals surface area contributed by atoms with Gasteiger partial charge in [-0.25, -0.2) is 0 Å². The van der Waals surface area contributed by atoms with E-state index in [1.165, 1.54) is 0 Å². The Morgan fingerprint density at radius 2 is 2.06 bits per heavy atom. The molecule has 0 fully saturated rings. The summed E-state index contributed by atoms with van der Waals surface area (Å²) < 4.78 is 16.2. The van der Waals surface area contributed by atoms with Crippen molar-refractivity contribution >= 4 is 21.8 Å². The molecule has 6 heteroatoms. The Bertz CT molecular complexity index is 347. The third-order valence-electron chi connectivity index (χ3n) is 1.93. The number of hydrogen-bond donors (Lipinski definition) is 1. The first-order valence-corrected chi connectivity index (χ1v) is 6.23. The molecule has 1 amide bonds. The fourth-order valence-corrected chi connectivity index (χ4v) is 1.54. The minimum absolute atomic E-state index is 0.253. The third kappa shape index (κ3) is 4.89. The second-order valence-corrected chi connectivity index (χ2v) is 3.94. The molecule has 0 radical (unpaired) electrons. The maximum absolute atomic E-state index is 11.6. The summed E-state index contributed by atoms with van der Waals surface area (Å²) in [5.74, 6) is -0.0382. The predicted octanol–water partition coefficient (Wildman–Crippen LogP) is 2.17. The SMILES string of the molecule is CCOC(CNC(=O)c1ccc(Br)o1)OCC. The molecule has 0 aliphatic rings. The molecule has 1 aromatic rings. The minimum atomic E-state index is -0.424. The van der Waals surface area contributed by atoms with Crippen molar-refractivity contribution in [3.8, 4) is 0 Å². The zero-order valence-corrected chi connectivity index (χ0v) is 11.5. The first-order chi connectivity index (χ1) is 8.17. The third-order valence-corrected chi connectivity index (χ3v) is 2.36. The van der Waals surface area contributed by atoms with Gasteiger partial charge in [0, 0.05) is 13.2 Å². The first-order valence-electron chi connectivity index (χ1n) is 5.44. The van der Waals surface area contributed by atoms with Crippen molar-refractivity contribution in [2.24, 2.45) is 0 Å². The zero-order chi connectivity index (χ0) is 12.7. The van der Waals surface area contributed by atoms with E-state index >= 15 is 0 Å². The second kappa shape index (κ2) is 7.47. The van der Waals surface area contributed by atoms with Crippen LogP contribution in [0.1, 0.15) is 24.4 Å². The monoisotopic (exact) mass is 305 g/mol. The number of nitrogens with one attached hydrogen (secondary N) is 1. The molecule has 0 saturated carbocycles. The summed E-state index contributed by atoms with van der Waals surface area (Å²) in [5, 5.41) is 2.68. The lowest BCUT2D eigenvalue weighted by Crippen LogP contribution is -2.35. The fraction of sp³-hybridized carbons (Fsp3) is 0.545. The van der Waals surface area contributed by atoms with E-state index in [-0.39, 0.29) is 11.7 Å². The number of rotatable bonds is 7. The highest BCUT2D eigenvalue weighted by Crippen LogP contribution is 2.13. The van der Waals surface area contributed by atoms with E-state index in [9.17, 15) is 4.79 Å². The van der Waals surface area contributed by atoms with Crippen molar-refractivity contribution in [2.45, 2.75) is 20.1 Å². The smallest absolute Gasteiger partial charge is 0.287 e. The lowest BCUT2D eigenvalue weighted by atomic mass is 10.4. The van der Waals surface area contributed by atoms with Gasteiger partial charge in [0.15, 0.2) is 16.7 Å². The Morgan fingerprint density at radius 3 is 2.53 bits per heavy atom. The summed E-state index contributed by atoms with van der Waals surface area (Å²) in [4.78, 5) is 11.6. The van der Waals surface area contributed by atoms with Gasteiger partial charge in [-0.3, -0.25) is 4.79 Å². The van der Waals surface area contributed by atoms with Gasteiger partial charge in [-0.2, -0.15) is 0 Å². The molecule has 0 aliphatic carbocycles. The molecule has 1 aromatic heterocycles. The Labute approximate surface area is 109 Å². The van der Waals surface area contributed by atoms with Gasteiger partial charge >= 0.3 is 0 Å². The molecule has 17 heavy (non-hydrogen) atoms. The predicted molar refractivity (Wildman–Crippen MR) is 65.8 cm³/mol. The summed E-state index contributed by atoms with van der Waals surface area (Å²) in [6.07, 6.45) is -0.424. The van der Waals surface area contributed by atoms with E-state index in [0.29, 0.717) is 24.4 Å². The molecule has 1 N–H and O–H groups in total. The first kappa shape index (κ1) is 14.2. The van der Waals surface area contributed by atoms with E-state index in [0.717, 1.165) is 0 Å². The number of carbonyl (C=O) groups excluding carboxylic acids is 1. The van der Waals surface area contributed by atoms with Gasteiger partial charge in [0.1, 0.15) is 0 Å². The average Bonchev–Trinajstić information content (AvgIpc) is 2.73. The molecule has 0 atom stereocenters. The summed E-state index contributed by atoms with van der Waals surface area (Å²) in [6, 6.07) is 3.26. The van der Waals surface area contributed by atoms with Crippen LogP contribution in [0.3, 0.4) is 0 Å². The summed E-state index contributed by atoms with van der Waals surface area (Å²) in [5.41, 5.74) is 0. The van der Waals surface area contributed by atoms with Gasteiger partial charge in [0.25, 0.3) is 5.91 Å². The van der Waals surface area contributed by atoms with Crippen molar-refractivity contribution in [3.63, 3.8) is 0 Å². The molecule has 0 aromatic carbocycles. The molecule has 5 nitrogen and oxygen atoms in total. The van der Waals surface area contributed by atoms with Crippen LogP contribution in [0.4, 0.5) is 0 Å². The molecule has 96 valence electrons. The van der Waals surface area contributed by atoms with Crippen LogP contribution in [0, 0.1) is 0 Å². The van der Waals surface area contributed by atoms with Crippen LogP contribution in [0.5, 0.6) is 0 Å². The summed E-state index contributed by atoms with van der Waals surface area (Å²) in [7, 11) is 0. The van der Waals surface area contributed by atoms with Crippen LogP contribution in [-0.2, 0) is 9.47 Å². The quantitative estimate of drug-likeness (QED) is 0.784. The highest BCUT2D eigenvalue weighted by atomic mass is 79.9. The largest absolute Gasteiger partial charge is 0.444 e. The van der Waals surface area contributed by atoms with E-state index < -0.39 is 6.29 Å². The molecule has 0 spiro atoms. The van der Waals surface area contributed by atoms with Gasteiger partial charge in [-0.05, 0) is 41.9 Å². The Hall–Kier alpha value is -0.850. The molecule has 0 aliphatic heterocycles. The van der Waals surface area contributed by atoms with Crippen LogP contribution in [0.25, 0.3) is 0 Å². The Morgan fingerprint density at radius 1 is 1.41 bits per heavy atom. The number of amides is 1. The molecular formula is C11H16BrNO4. The van der Waals surface area contributed by atoms with Crippen molar-refractivity contribution in [3.05, 3.63) is 22.6 Å². The molecule has 1 heterocycles. The zero-order valence-electron chi connectivity index (χ0n) is 9.86. The van der Waals surface area contributed by atoms with E-state index in [1.807, 2.05) is 13.8 Å². The lowest BCUT2D eigenvalue weighted by Gasteiger charge is -2.16. The minimum Gasteiger partial charge on any atom is -0.444 e. The van der Waals surface area contributed by atoms with Crippen molar-refractivity contribution < 1.29 is 18.7 Å². The molecule has 0 unspecified atom stereocenters. The van der Waals surface area contributed by atoms with Crippen LogP contribution in [0.2, 0.25) is 0 Å². The van der Waals surface area contributed by atoms with Gasteiger partial charge in [0.05, 0.1) is 6.54 Å². The summed E-state index contributed by atoms with van der Waals surface area (Å²) in [6.45, 7) is 5.10. The van der Waals surface area contributed by atoms with Crippen LogP contribution < -0.4 is 5.32 Å². The molecule has 1 rings (SSSR count). The maximum Gasteiger partial charge on any atom is 0.287 e. The van der Waals surface area contributed by atoms with Crippen LogP contribution in [0.15, 0.2) is 21.2 Å². The average molecular weight is 306 g/mol. The highest BCUT2D eigenvalue weighted by molar-refractivity contribution is 9.10. The molecule has 0 saturated heterocycles. The fourth-order valence-electron chi connectivity index (χ4n) is 1.24. The van der Waals surface area contributed by atoms with Crippen molar-refractivity contribution in [2.75, 3.05) is 19.8 Å². The normalized spacial score (nSPS) is 10.8. The number of ether oxygens (including phenoxy) is 2. The topological polar surface area (TPSA) is 60.7 Å². The number of furan rings is 1. The van der Waals surface area contributed by atoms with Gasteiger partial charge in [-0.1, -0.05) is 0 Å². The lowest BCUT2D eigenvalue weighted by molar-refractivity contribution is -0.131. The molecule has 0 bridgehead atoms. The van der Waals surface area contributed by atoms with Gasteiger partial charge < -0.3 is 19.2 Å². The van der Waals surface area contributed by atoms with E-state index in [1.54, 1.807) is 12.1 Å². The molecular weight excluding hydrogens is 290 g/mol. The van der Waals surface area contributed by atoms with E-state index in [4.69, 9.17) is 13.9 Å². The standard InChI is InChI=1S/C11H16BrNO4/c1-3-15-10(16-4-2)7-13-11(14)8-5-6-9(12)17-8/h5-6,10H,3-4,7H2,1-2H3,(H,13,14). The van der Waals surface area contributed by atoms with Crippen LogP contribution >= 0.6 is 15.9 Å². The van der Waals surface area contributed by atoms with Crippen molar-refractivity contribution in [1.29, 1.82) is 0 Å². The van der Waals surface area contributed by atoms with Gasteiger partial charge in [-0.15, -0.1) is 0 Å². The maximum atomic E-state index is 11.6. The van der Waals surface area contributed by atoms with E-state index in [2.05, 4.69) is 21.2 Å². The van der Waals surface area contributed by atoms with Crippen molar-refractivity contribution in [1.82, 2.24) is 5.32 Å². The Balaban J connectivity index is 2.40. The second-order valence-electron chi connectivity index (χ2n) is 3.15. The Kier molecular flexibility index (Phi) is 6.25. The number of carbonyl (C=O) groups is 1. The van der Waals surface area contributed by atoms with Gasteiger partial charge in [0.2, 0.25) is 0 Å². The highest BCUT2D eigenvalue weighted by Gasteiger charge is 2.13.